The van der Waals surface area contributed by atoms with Gasteiger partial charge in [-0.2, -0.15) is 0 Å². The second kappa shape index (κ2) is 6.75. The van der Waals surface area contributed by atoms with Crippen LogP contribution < -0.4 is 5.32 Å². The third-order valence-corrected chi connectivity index (χ3v) is 3.20. The van der Waals surface area contributed by atoms with Crippen molar-refractivity contribution in [3.05, 3.63) is 40.6 Å². The summed E-state index contributed by atoms with van der Waals surface area (Å²) in [6, 6.07) is 3.80. The molecule has 1 N–H and O–H groups in total. The Morgan fingerprint density at radius 3 is 2.25 bits per heavy atom. The number of ether oxygens (including phenoxy) is 2. The number of carbonyl (C=O) groups excluding carboxylic acids is 2. The zero-order valence-electron chi connectivity index (χ0n) is 12.4. The maximum atomic E-state index is 11.7. The van der Waals surface area contributed by atoms with E-state index in [0.717, 1.165) is 28.5 Å². The largest absolute Gasteiger partial charge is 0.466 e. The number of esters is 2. The van der Waals surface area contributed by atoms with Crippen LogP contribution in [0.1, 0.15) is 16.7 Å². The van der Waals surface area contributed by atoms with Crippen molar-refractivity contribution in [2.24, 2.45) is 0 Å². The highest BCUT2D eigenvalue weighted by molar-refractivity contribution is 5.98. The summed E-state index contributed by atoms with van der Waals surface area (Å²) in [5, 5.41) is 2.92. The Bertz CT molecular complexity index is 561. The predicted molar refractivity (Wildman–Crippen MR) is 76.4 cm³/mol. The van der Waals surface area contributed by atoms with E-state index in [1.165, 1.54) is 14.2 Å². The molecule has 0 radical (unpaired) electrons. The van der Waals surface area contributed by atoms with Crippen molar-refractivity contribution >= 4 is 17.6 Å². The molecule has 0 saturated carbocycles. The molecule has 5 heteroatoms. The molecule has 1 aromatic rings. The van der Waals surface area contributed by atoms with E-state index in [-0.39, 0.29) is 5.70 Å². The molecule has 1 aromatic carbocycles. The molecule has 0 spiro atoms. The predicted octanol–water partition coefficient (Wildman–Crippen LogP) is 2.25. The van der Waals surface area contributed by atoms with Crippen LogP contribution in [0.2, 0.25) is 0 Å². The number of anilines is 1. The molecule has 0 aliphatic heterocycles. The number of carbonyl (C=O) groups is 2. The number of methoxy groups -OCH3 is 2. The summed E-state index contributed by atoms with van der Waals surface area (Å²) >= 11 is 0. The van der Waals surface area contributed by atoms with Gasteiger partial charge in [0.1, 0.15) is 5.70 Å². The van der Waals surface area contributed by atoms with Crippen LogP contribution in [0.5, 0.6) is 0 Å². The second-order valence-electron chi connectivity index (χ2n) is 4.38. The Labute approximate surface area is 118 Å². The maximum absolute atomic E-state index is 11.7. The summed E-state index contributed by atoms with van der Waals surface area (Å²) in [5.74, 6) is -1.26. The molecule has 5 nitrogen and oxygen atoms in total. The molecule has 0 heterocycles. The number of hydrogen-bond acceptors (Lipinski definition) is 5. The average Bonchev–Trinajstić information content (AvgIpc) is 2.45. The second-order valence-corrected chi connectivity index (χ2v) is 4.38. The van der Waals surface area contributed by atoms with E-state index in [1.54, 1.807) is 0 Å². The monoisotopic (exact) mass is 277 g/mol. The van der Waals surface area contributed by atoms with Gasteiger partial charge in [0, 0.05) is 5.69 Å². The van der Waals surface area contributed by atoms with Crippen molar-refractivity contribution in [3.63, 3.8) is 0 Å². The number of nitrogens with one attached hydrogen (secondary N) is 1. The average molecular weight is 277 g/mol. The summed E-state index contributed by atoms with van der Waals surface area (Å²) in [7, 11) is 2.50. The molecule has 0 aliphatic carbocycles. The van der Waals surface area contributed by atoms with Crippen LogP contribution in [0.4, 0.5) is 5.69 Å². The third-order valence-electron chi connectivity index (χ3n) is 3.20. The van der Waals surface area contributed by atoms with Crippen LogP contribution in [0, 0.1) is 20.8 Å². The van der Waals surface area contributed by atoms with Crippen molar-refractivity contribution in [1.29, 1.82) is 0 Å². The Balaban J connectivity index is 3.14. The van der Waals surface area contributed by atoms with Crippen molar-refractivity contribution in [1.82, 2.24) is 0 Å². The van der Waals surface area contributed by atoms with Gasteiger partial charge in [-0.25, -0.2) is 9.59 Å². The lowest BCUT2D eigenvalue weighted by atomic mass is 10.0. The van der Waals surface area contributed by atoms with Crippen molar-refractivity contribution in [2.75, 3.05) is 19.5 Å². The first-order chi connectivity index (χ1) is 9.40. The zero-order chi connectivity index (χ0) is 15.3. The highest BCUT2D eigenvalue weighted by Crippen LogP contribution is 2.23. The van der Waals surface area contributed by atoms with Crippen LogP contribution in [-0.4, -0.2) is 26.2 Å². The molecule has 108 valence electrons. The summed E-state index contributed by atoms with van der Waals surface area (Å²) in [6.45, 7) is 5.95. The summed E-state index contributed by atoms with van der Waals surface area (Å²) < 4.78 is 9.17. The highest BCUT2D eigenvalue weighted by Gasteiger charge is 2.14. The molecule has 0 atom stereocenters. The van der Waals surface area contributed by atoms with Gasteiger partial charge in [-0.1, -0.05) is 6.07 Å². The molecule has 20 heavy (non-hydrogen) atoms. The number of rotatable bonds is 4. The van der Waals surface area contributed by atoms with E-state index >= 15 is 0 Å². The molecule has 0 bridgehead atoms. The van der Waals surface area contributed by atoms with E-state index in [9.17, 15) is 9.59 Å². The molecule has 0 fully saturated rings. The normalized spacial score (nSPS) is 10.9. The lowest BCUT2D eigenvalue weighted by Gasteiger charge is -2.14. The quantitative estimate of drug-likeness (QED) is 0.675. The summed E-state index contributed by atoms with van der Waals surface area (Å²) in [5.41, 5.74) is 4.06. The lowest BCUT2D eigenvalue weighted by Crippen LogP contribution is -2.16. The topological polar surface area (TPSA) is 64.6 Å². The molecule has 0 aliphatic rings. The van der Waals surface area contributed by atoms with E-state index < -0.39 is 11.9 Å². The minimum absolute atomic E-state index is 0.0331. The fourth-order valence-electron chi connectivity index (χ4n) is 1.67. The van der Waals surface area contributed by atoms with E-state index in [1.807, 2.05) is 32.9 Å². The molecule has 0 amide bonds. The van der Waals surface area contributed by atoms with Gasteiger partial charge in [0.05, 0.1) is 20.3 Å². The van der Waals surface area contributed by atoms with E-state index in [0.29, 0.717) is 0 Å². The molecule has 0 saturated heterocycles. The van der Waals surface area contributed by atoms with Gasteiger partial charge in [0.25, 0.3) is 0 Å². The van der Waals surface area contributed by atoms with Crippen LogP contribution in [-0.2, 0) is 19.1 Å². The van der Waals surface area contributed by atoms with Crippen LogP contribution in [0.15, 0.2) is 23.9 Å². The third kappa shape index (κ3) is 3.60. The maximum Gasteiger partial charge on any atom is 0.354 e. The van der Waals surface area contributed by atoms with Gasteiger partial charge in [-0.05, 0) is 43.5 Å². The Morgan fingerprint density at radius 2 is 1.70 bits per heavy atom. The van der Waals surface area contributed by atoms with E-state index in [4.69, 9.17) is 0 Å². The Morgan fingerprint density at radius 1 is 1.05 bits per heavy atom. The Hall–Kier alpha value is -2.30. The fourth-order valence-corrected chi connectivity index (χ4v) is 1.67. The standard InChI is InChI=1S/C15H19NO4/c1-9-6-7-12(11(3)10(9)2)16-13(15(18)20-5)8-14(17)19-4/h6-8,16H,1-5H3. The summed E-state index contributed by atoms with van der Waals surface area (Å²) in [6.07, 6.45) is 1.07. The first-order valence-corrected chi connectivity index (χ1v) is 6.12. The van der Waals surface area contributed by atoms with E-state index in [2.05, 4.69) is 14.8 Å². The van der Waals surface area contributed by atoms with Gasteiger partial charge < -0.3 is 14.8 Å². The molecule has 1 rings (SSSR count). The smallest absolute Gasteiger partial charge is 0.354 e. The van der Waals surface area contributed by atoms with Crippen molar-refractivity contribution < 1.29 is 19.1 Å². The SMILES string of the molecule is COC(=O)C=C(Nc1ccc(C)c(C)c1C)C(=O)OC. The summed E-state index contributed by atoms with van der Waals surface area (Å²) in [4.78, 5) is 23.0. The number of aryl methyl sites for hydroxylation is 1. The fraction of sp³-hybridized carbons (Fsp3) is 0.333. The lowest BCUT2D eigenvalue weighted by molar-refractivity contribution is -0.138. The first-order valence-electron chi connectivity index (χ1n) is 6.12. The number of benzene rings is 1. The zero-order valence-corrected chi connectivity index (χ0v) is 12.4. The van der Waals surface area contributed by atoms with Gasteiger partial charge in [0.15, 0.2) is 0 Å². The van der Waals surface area contributed by atoms with Gasteiger partial charge >= 0.3 is 11.9 Å². The minimum Gasteiger partial charge on any atom is -0.466 e. The molecule has 0 unspecified atom stereocenters. The molecule has 0 aromatic heterocycles. The number of hydrogen-bond donors (Lipinski definition) is 1. The van der Waals surface area contributed by atoms with Crippen LogP contribution in [0.3, 0.4) is 0 Å². The Kier molecular flexibility index (Phi) is 5.32. The van der Waals surface area contributed by atoms with Gasteiger partial charge in [0.2, 0.25) is 0 Å². The minimum atomic E-state index is -0.631. The van der Waals surface area contributed by atoms with Gasteiger partial charge in [-0.15, -0.1) is 0 Å². The van der Waals surface area contributed by atoms with Crippen molar-refractivity contribution in [3.8, 4) is 0 Å². The molecular weight excluding hydrogens is 258 g/mol. The van der Waals surface area contributed by atoms with Crippen molar-refractivity contribution in [2.45, 2.75) is 20.8 Å². The van der Waals surface area contributed by atoms with Crippen LogP contribution >= 0.6 is 0 Å². The first kappa shape index (κ1) is 15.8. The van der Waals surface area contributed by atoms with Crippen LogP contribution in [0.25, 0.3) is 0 Å². The van der Waals surface area contributed by atoms with Gasteiger partial charge in [-0.3, -0.25) is 0 Å². The molecular formula is C15H19NO4. The highest BCUT2D eigenvalue weighted by atomic mass is 16.5.